The molecule has 0 atom stereocenters. The number of nitrogen functional groups attached to an aromatic ring is 1. The fourth-order valence-electron chi connectivity index (χ4n) is 3.34. The van der Waals surface area contributed by atoms with Crippen LogP contribution in [0.1, 0.15) is 15.9 Å². The molecule has 0 unspecified atom stereocenters. The average molecular weight is 545 g/mol. The first-order chi connectivity index (χ1) is 18.0. The van der Waals surface area contributed by atoms with Crippen molar-refractivity contribution in [2.75, 3.05) is 26.0 Å². The first kappa shape index (κ1) is 28.0. The van der Waals surface area contributed by atoms with Crippen molar-refractivity contribution in [2.24, 2.45) is 0 Å². The number of esters is 2. The van der Waals surface area contributed by atoms with Gasteiger partial charge in [-0.1, -0.05) is 48.5 Å². The average Bonchev–Trinajstić information content (AvgIpc) is 2.92. The maximum Gasteiger partial charge on any atom is 0.333 e. The summed E-state index contributed by atoms with van der Waals surface area (Å²) in [6.07, 6.45) is 0. The van der Waals surface area contributed by atoms with Gasteiger partial charge in [0.15, 0.2) is 6.61 Å². The van der Waals surface area contributed by atoms with Crippen LogP contribution in [0.4, 0.5) is 5.82 Å². The van der Waals surface area contributed by atoms with E-state index >= 15 is 0 Å². The zero-order chi connectivity index (χ0) is 27.9. The number of anilines is 1. The minimum absolute atomic E-state index is 0.0801. The number of nitrogens with two attached hydrogens (primary N) is 1. The Hall–Kier alpha value is -4.56. The first-order valence-corrected chi connectivity index (χ1v) is 12.5. The molecular formula is C24H24N4O9S. The van der Waals surface area contributed by atoms with Crippen LogP contribution in [-0.2, 0) is 42.2 Å². The molecule has 0 aliphatic rings. The van der Waals surface area contributed by atoms with Gasteiger partial charge >= 0.3 is 17.6 Å². The van der Waals surface area contributed by atoms with Crippen molar-refractivity contribution in [3.63, 3.8) is 0 Å². The lowest BCUT2D eigenvalue weighted by molar-refractivity contribution is -0.142. The molecule has 2 aromatic carbocycles. The largest absolute Gasteiger partial charge is 0.468 e. The van der Waals surface area contributed by atoms with Crippen LogP contribution < -0.4 is 21.7 Å². The maximum atomic E-state index is 13.0. The van der Waals surface area contributed by atoms with Gasteiger partial charge in [-0.25, -0.2) is 17.8 Å². The van der Waals surface area contributed by atoms with Crippen molar-refractivity contribution < 1.29 is 32.3 Å². The van der Waals surface area contributed by atoms with Crippen LogP contribution in [0.3, 0.4) is 0 Å². The zero-order valence-corrected chi connectivity index (χ0v) is 21.0. The highest BCUT2D eigenvalue weighted by atomic mass is 32.2. The Morgan fingerprint density at radius 2 is 1.53 bits per heavy atom. The van der Waals surface area contributed by atoms with Gasteiger partial charge in [0, 0.05) is 0 Å². The minimum Gasteiger partial charge on any atom is -0.468 e. The number of ketones is 1. The summed E-state index contributed by atoms with van der Waals surface area (Å²) >= 11 is 0. The van der Waals surface area contributed by atoms with Gasteiger partial charge in [0.1, 0.15) is 24.5 Å². The highest BCUT2D eigenvalue weighted by molar-refractivity contribution is 7.89. The smallest absolute Gasteiger partial charge is 0.333 e. The summed E-state index contributed by atoms with van der Waals surface area (Å²) in [5, 5.41) is 0. The molecule has 0 amide bonds. The Morgan fingerprint density at radius 3 is 2.13 bits per heavy atom. The third-order valence-electron chi connectivity index (χ3n) is 5.27. The Labute approximate surface area is 216 Å². The Bertz CT molecular complexity index is 1560. The van der Waals surface area contributed by atoms with Crippen molar-refractivity contribution in [2.45, 2.75) is 18.0 Å². The molecule has 3 N–H and O–H groups in total. The zero-order valence-electron chi connectivity index (χ0n) is 20.2. The molecule has 0 aliphatic heterocycles. The predicted octanol–water partition coefficient (Wildman–Crippen LogP) is -0.482. The number of aromatic nitrogens is 2. The number of methoxy groups -OCH3 is 1. The molecule has 1 aromatic heterocycles. The van der Waals surface area contributed by atoms with E-state index in [1.165, 1.54) is 24.3 Å². The topological polar surface area (TPSA) is 186 Å². The SMILES string of the molecule is COC(=O)Cn1c(=O)c(C(=O)COC(=O)CNS(=O)(=O)c2ccccc2)c(N)n(Cc2ccccc2)c1=O. The molecule has 0 bridgehead atoms. The van der Waals surface area contributed by atoms with E-state index < -0.39 is 70.1 Å². The van der Waals surface area contributed by atoms with Crippen molar-refractivity contribution in [3.05, 3.63) is 92.6 Å². The molecule has 38 heavy (non-hydrogen) atoms. The Kier molecular flexibility index (Phi) is 8.94. The molecule has 14 heteroatoms. The Morgan fingerprint density at radius 1 is 0.921 bits per heavy atom. The molecule has 0 fully saturated rings. The second-order valence-electron chi connectivity index (χ2n) is 7.80. The fraction of sp³-hybridized carbons (Fsp3) is 0.208. The lowest BCUT2D eigenvalue weighted by Gasteiger charge is -2.16. The lowest BCUT2D eigenvalue weighted by atomic mass is 10.2. The van der Waals surface area contributed by atoms with Gasteiger partial charge in [-0.2, -0.15) is 4.72 Å². The van der Waals surface area contributed by atoms with Crippen molar-refractivity contribution in [1.82, 2.24) is 13.9 Å². The van der Waals surface area contributed by atoms with Crippen LogP contribution in [-0.4, -0.2) is 55.5 Å². The second kappa shape index (κ2) is 12.1. The van der Waals surface area contributed by atoms with Gasteiger partial charge < -0.3 is 15.2 Å². The van der Waals surface area contributed by atoms with Gasteiger partial charge in [-0.05, 0) is 17.7 Å². The number of hydrogen-bond donors (Lipinski definition) is 2. The van der Waals surface area contributed by atoms with Crippen molar-refractivity contribution in [1.29, 1.82) is 0 Å². The molecule has 3 rings (SSSR count). The number of hydrogen-bond acceptors (Lipinski definition) is 10. The number of carbonyl (C=O) groups is 3. The first-order valence-electron chi connectivity index (χ1n) is 11.0. The number of carbonyl (C=O) groups excluding carboxylic acids is 3. The van der Waals surface area contributed by atoms with E-state index in [-0.39, 0.29) is 11.4 Å². The van der Waals surface area contributed by atoms with Crippen LogP contribution in [0.25, 0.3) is 0 Å². The fourth-order valence-corrected chi connectivity index (χ4v) is 4.33. The number of Topliss-reactive ketones (excluding diaryl/α,β-unsaturated/α-hetero) is 1. The van der Waals surface area contributed by atoms with Gasteiger partial charge in [0.05, 0.1) is 18.6 Å². The maximum absolute atomic E-state index is 13.0. The van der Waals surface area contributed by atoms with E-state index in [2.05, 4.69) is 4.74 Å². The number of benzene rings is 2. The van der Waals surface area contributed by atoms with E-state index in [0.29, 0.717) is 10.1 Å². The van der Waals surface area contributed by atoms with Crippen LogP contribution in [0, 0.1) is 0 Å². The normalized spacial score (nSPS) is 11.1. The standard InChI is InChI=1S/C24H24N4O9S/c1-36-20(31)14-28-23(32)21(22(25)27(24(28)33)13-16-8-4-2-5-9-16)18(29)15-37-19(30)12-26-38(34,35)17-10-6-3-7-11-17/h2-11,26H,12-15,25H2,1H3. The van der Waals surface area contributed by atoms with Gasteiger partial charge in [0.25, 0.3) is 5.56 Å². The van der Waals surface area contributed by atoms with Crippen LogP contribution in [0.5, 0.6) is 0 Å². The van der Waals surface area contributed by atoms with E-state index in [1.54, 1.807) is 36.4 Å². The lowest BCUT2D eigenvalue weighted by Crippen LogP contribution is -2.46. The molecule has 13 nitrogen and oxygen atoms in total. The van der Waals surface area contributed by atoms with Gasteiger partial charge in [-0.15, -0.1) is 0 Å². The summed E-state index contributed by atoms with van der Waals surface area (Å²) in [4.78, 5) is 62.7. The summed E-state index contributed by atoms with van der Waals surface area (Å²) in [6, 6.07) is 15.8. The molecule has 0 saturated carbocycles. The third-order valence-corrected chi connectivity index (χ3v) is 6.69. The molecule has 0 spiro atoms. The number of nitrogens with zero attached hydrogens (tertiary/aromatic N) is 2. The van der Waals surface area contributed by atoms with E-state index in [1.807, 2.05) is 4.72 Å². The van der Waals surface area contributed by atoms with E-state index in [9.17, 15) is 32.4 Å². The molecule has 1 heterocycles. The van der Waals surface area contributed by atoms with E-state index in [0.717, 1.165) is 11.7 Å². The molecular weight excluding hydrogens is 520 g/mol. The molecule has 0 saturated heterocycles. The van der Waals surface area contributed by atoms with Crippen LogP contribution in [0.15, 0.2) is 75.1 Å². The van der Waals surface area contributed by atoms with Crippen LogP contribution >= 0.6 is 0 Å². The van der Waals surface area contributed by atoms with Crippen molar-refractivity contribution >= 4 is 33.6 Å². The number of sulfonamides is 1. The number of ether oxygens (including phenoxy) is 2. The summed E-state index contributed by atoms with van der Waals surface area (Å²) in [5.74, 6) is -3.58. The predicted molar refractivity (Wildman–Crippen MR) is 134 cm³/mol. The quantitative estimate of drug-likeness (QED) is 0.236. The number of rotatable bonds is 11. The van der Waals surface area contributed by atoms with Gasteiger partial charge in [-0.3, -0.25) is 23.7 Å². The molecule has 200 valence electrons. The molecule has 0 radical (unpaired) electrons. The summed E-state index contributed by atoms with van der Waals surface area (Å²) in [7, 11) is -2.95. The summed E-state index contributed by atoms with van der Waals surface area (Å²) in [5.41, 5.74) is 3.84. The minimum atomic E-state index is -4.01. The highest BCUT2D eigenvalue weighted by Gasteiger charge is 2.25. The second-order valence-corrected chi connectivity index (χ2v) is 9.57. The Balaban J connectivity index is 1.83. The molecule has 0 aliphatic carbocycles. The van der Waals surface area contributed by atoms with E-state index in [4.69, 9.17) is 10.5 Å². The van der Waals surface area contributed by atoms with Crippen LogP contribution in [0.2, 0.25) is 0 Å². The number of nitrogens with one attached hydrogen (secondary N) is 1. The molecule has 3 aromatic rings. The third kappa shape index (κ3) is 6.60. The summed E-state index contributed by atoms with van der Waals surface area (Å²) in [6.45, 7) is -2.69. The van der Waals surface area contributed by atoms with Crippen molar-refractivity contribution in [3.8, 4) is 0 Å². The monoisotopic (exact) mass is 544 g/mol. The highest BCUT2D eigenvalue weighted by Crippen LogP contribution is 2.10. The summed E-state index contributed by atoms with van der Waals surface area (Å²) < 4.78 is 37.3. The van der Waals surface area contributed by atoms with Gasteiger partial charge in [0.2, 0.25) is 15.8 Å².